The minimum absolute atomic E-state index is 0.00688. The van der Waals surface area contributed by atoms with Gasteiger partial charge in [-0.05, 0) is 28.8 Å². The average Bonchev–Trinajstić information content (AvgIpc) is 3.11. The second kappa shape index (κ2) is 4.44. The number of nitrogen functional groups attached to an aromatic ring is 1. The molecule has 9 heteroatoms. The van der Waals surface area contributed by atoms with Gasteiger partial charge < -0.3 is 5.73 Å². The zero-order valence-electron chi connectivity index (χ0n) is 10.0. The molecule has 1 saturated carbocycles. The van der Waals surface area contributed by atoms with Crippen molar-refractivity contribution in [1.29, 1.82) is 0 Å². The lowest BCUT2D eigenvalue weighted by atomic mass is 10.3. The number of hydrogen-bond acceptors (Lipinski definition) is 4. The van der Waals surface area contributed by atoms with Gasteiger partial charge in [0.05, 0.1) is 11.9 Å². The first-order chi connectivity index (χ1) is 9.36. The molecule has 0 amide bonds. The maximum Gasteiger partial charge on any atom is 0.450 e. The first-order valence-electron chi connectivity index (χ1n) is 5.81. The van der Waals surface area contributed by atoms with Crippen LogP contribution in [0.3, 0.4) is 0 Å². The third kappa shape index (κ3) is 2.37. The van der Waals surface area contributed by atoms with Crippen LogP contribution in [0.2, 0.25) is 0 Å². The fraction of sp³-hybridized carbons (Fsp3) is 0.364. The van der Waals surface area contributed by atoms with Crippen LogP contribution in [-0.4, -0.2) is 19.5 Å². The van der Waals surface area contributed by atoms with E-state index < -0.39 is 12.0 Å². The summed E-state index contributed by atoms with van der Waals surface area (Å²) in [6.07, 6.45) is -0.169. The normalized spacial score (nSPS) is 15.6. The number of imidazole rings is 1. The molecule has 106 valence electrons. The highest BCUT2D eigenvalue weighted by atomic mass is 79.9. The van der Waals surface area contributed by atoms with Crippen molar-refractivity contribution in [1.82, 2.24) is 19.5 Å². The number of rotatable bonds is 2. The van der Waals surface area contributed by atoms with Gasteiger partial charge in [-0.15, -0.1) is 0 Å². The molecular formula is C11H9BrF3N5. The van der Waals surface area contributed by atoms with Gasteiger partial charge in [0, 0.05) is 12.1 Å². The molecule has 0 spiro atoms. The van der Waals surface area contributed by atoms with E-state index in [1.54, 1.807) is 0 Å². The van der Waals surface area contributed by atoms with Crippen molar-refractivity contribution < 1.29 is 13.2 Å². The van der Waals surface area contributed by atoms with Crippen LogP contribution in [-0.2, 0) is 6.18 Å². The predicted octanol–water partition coefficient (Wildman–Crippen LogP) is 2.90. The largest absolute Gasteiger partial charge is 0.450 e. The molecule has 2 aromatic heterocycles. The number of hydrogen-bond donors (Lipinski definition) is 1. The Morgan fingerprint density at radius 2 is 2.00 bits per heavy atom. The number of halogens is 4. The van der Waals surface area contributed by atoms with Gasteiger partial charge in [0.25, 0.3) is 0 Å². The van der Waals surface area contributed by atoms with E-state index in [0.29, 0.717) is 5.82 Å². The average molecular weight is 348 g/mol. The van der Waals surface area contributed by atoms with Crippen LogP contribution in [0.5, 0.6) is 0 Å². The van der Waals surface area contributed by atoms with Gasteiger partial charge in [0.2, 0.25) is 5.82 Å². The van der Waals surface area contributed by atoms with Gasteiger partial charge in [-0.25, -0.2) is 15.0 Å². The molecule has 0 saturated heterocycles. The molecule has 20 heavy (non-hydrogen) atoms. The van der Waals surface area contributed by atoms with Crippen molar-refractivity contribution in [2.24, 2.45) is 0 Å². The second-order valence-electron chi connectivity index (χ2n) is 4.54. The third-order valence-electron chi connectivity index (χ3n) is 2.92. The van der Waals surface area contributed by atoms with E-state index in [9.17, 15) is 13.2 Å². The summed E-state index contributed by atoms with van der Waals surface area (Å²) in [5, 5.41) is 0. The van der Waals surface area contributed by atoms with Gasteiger partial charge in [-0.1, -0.05) is 0 Å². The van der Waals surface area contributed by atoms with Crippen LogP contribution in [0.25, 0.3) is 5.82 Å². The number of aromatic nitrogens is 4. The van der Waals surface area contributed by atoms with E-state index in [4.69, 9.17) is 5.73 Å². The summed E-state index contributed by atoms with van der Waals surface area (Å²) in [5.41, 5.74) is 5.78. The Kier molecular flexibility index (Phi) is 2.96. The molecule has 2 aromatic rings. The SMILES string of the molecule is Nc1cnc(C2CC2)nc1-n1cc(Br)nc1C(F)(F)F. The maximum atomic E-state index is 13.0. The highest BCUT2D eigenvalue weighted by Gasteiger charge is 2.38. The quantitative estimate of drug-likeness (QED) is 0.906. The highest BCUT2D eigenvalue weighted by Crippen LogP contribution is 2.39. The van der Waals surface area contributed by atoms with E-state index in [1.165, 1.54) is 12.4 Å². The van der Waals surface area contributed by atoms with Crippen molar-refractivity contribution in [3.8, 4) is 5.82 Å². The summed E-state index contributed by atoms with van der Waals surface area (Å²) in [6.45, 7) is 0. The fourth-order valence-corrected chi connectivity index (χ4v) is 2.21. The molecule has 1 aliphatic carbocycles. The summed E-state index contributed by atoms with van der Waals surface area (Å²) in [6, 6.07) is 0. The summed E-state index contributed by atoms with van der Waals surface area (Å²) in [4.78, 5) is 11.6. The molecule has 2 N–H and O–H groups in total. The van der Waals surface area contributed by atoms with E-state index in [1.807, 2.05) is 0 Å². The predicted molar refractivity (Wildman–Crippen MR) is 68.2 cm³/mol. The zero-order valence-corrected chi connectivity index (χ0v) is 11.6. The lowest BCUT2D eigenvalue weighted by molar-refractivity contribution is -0.146. The fourth-order valence-electron chi connectivity index (χ4n) is 1.84. The molecule has 0 aliphatic heterocycles. The molecule has 2 heterocycles. The Balaban J connectivity index is 2.15. The maximum absolute atomic E-state index is 13.0. The van der Waals surface area contributed by atoms with Crippen molar-refractivity contribution >= 4 is 21.6 Å². The lowest BCUT2D eigenvalue weighted by Gasteiger charge is -2.12. The monoisotopic (exact) mass is 347 g/mol. The third-order valence-corrected chi connectivity index (χ3v) is 3.30. The van der Waals surface area contributed by atoms with E-state index >= 15 is 0 Å². The Morgan fingerprint density at radius 3 is 2.60 bits per heavy atom. The van der Waals surface area contributed by atoms with Crippen LogP contribution in [0.15, 0.2) is 17.0 Å². The van der Waals surface area contributed by atoms with Crippen LogP contribution in [0.1, 0.15) is 30.4 Å². The van der Waals surface area contributed by atoms with Gasteiger partial charge >= 0.3 is 6.18 Å². The van der Waals surface area contributed by atoms with E-state index in [0.717, 1.165) is 17.4 Å². The number of nitrogens with two attached hydrogens (primary N) is 1. The Labute approximate surface area is 120 Å². The summed E-state index contributed by atoms with van der Waals surface area (Å²) in [7, 11) is 0. The molecule has 1 fully saturated rings. The Hall–Kier alpha value is -1.64. The zero-order chi connectivity index (χ0) is 14.5. The molecule has 3 rings (SSSR count). The first-order valence-corrected chi connectivity index (χ1v) is 6.60. The molecule has 0 atom stereocenters. The number of alkyl halides is 3. The van der Waals surface area contributed by atoms with Crippen LogP contribution in [0.4, 0.5) is 18.9 Å². The van der Waals surface area contributed by atoms with Gasteiger partial charge in [-0.2, -0.15) is 13.2 Å². The number of anilines is 1. The molecule has 5 nitrogen and oxygen atoms in total. The standard InChI is InChI=1S/C11H9BrF3N5/c12-7-4-20(10(18-7)11(13,14)15)9-6(16)3-17-8(19-9)5-1-2-5/h3-5H,1-2,16H2. The molecule has 0 aromatic carbocycles. The van der Waals surface area contributed by atoms with Gasteiger partial charge in [0.15, 0.2) is 5.82 Å². The number of nitrogens with zero attached hydrogens (tertiary/aromatic N) is 4. The van der Waals surface area contributed by atoms with E-state index in [-0.39, 0.29) is 22.0 Å². The van der Waals surface area contributed by atoms with Gasteiger partial charge in [-0.3, -0.25) is 4.57 Å². The summed E-state index contributed by atoms with van der Waals surface area (Å²) >= 11 is 2.94. The smallest absolute Gasteiger partial charge is 0.394 e. The second-order valence-corrected chi connectivity index (χ2v) is 5.35. The van der Waals surface area contributed by atoms with Crippen molar-refractivity contribution in [3.05, 3.63) is 28.6 Å². The molecule has 0 unspecified atom stereocenters. The van der Waals surface area contributed by atoms with Gasteiger partial charge in [0.1, 0.15) is 10.4 Å². The highest BCUT2D eigenvalue weighted by molar-refractivity contribution is 9.10. The van der Waals surface area contributed by atoms with E-state index in [2.05, 4.69) is 30.9 Å². The van der Waals surface area contributed by atoms with Crippen LogP contribution in [0, 0.1) is 0 Å². The molecule has 1 aliphatic rings. The van der Waals surface area contributed by atoms with Crippen LogP contribution < -0.4 is 5.73 Å². The molecule has 0 bridgehead atoms. The van der Waals surface area contributed by atoms with Crippen LogP contribution >= 0.6 is 15.9 Å². The molecular weight excluding hydrogens is 339 g/mol. The first kappa shape index (κ1) is 13.3. The van der Waals surface area contributed by atoms with Crippen molar-refractivity contribution in [2.75, 3.05) is 5.73 Å². The Morgan fingerprint density at radius 1 is 1.30 bits per heavy atom. The van der Waals surface area contributed by atoms with Crippen molar-refractivity contribution in [2.45, 2.75) is 24.9 Å². The topological polar surface area (TPSA) is 69.6 Å². The Bertz CT molecular complexity index is 663. The summed E-state index contributed by atoms with van der Waals surface area (Å²) in [5.74, 6) is -0.327. The molecule has 0 radical (unpaired) electrons. The van der Waals surface area contributed by atoms with Crippen molar-refractivity contribution in [3.63, 3.8) is 0 Å². The minimum atomic E-state index is -4.59. The minimum Gasteiger partial charge on any atom is -0.394 e. The lowest BCUT2D eigenvalue weighted by Crippen LogP contribution is -2.16. The summed E-state index contributed by atoms with van der Waals surface area (Å²) < 4.78 is 39.8.